The fraction of sp³-hybridized carbons (Fsp3) is 0.136. The van der Waals surface area contributed by atoms with Crippen molar-refractivity contribution in [2.24, 2.45) is 5.10 Å². The topological polar surface area (TPSA) is 133 Å². The maximum Gasteiger partial charge on any atom is 0.419 e. The van der Waals surface area contributed by atoms with Crippen LogP contribution in [0.3, 0.4) is 0 Å². The minimum absolute atomic E-state index is 0.0154. The van der Waals surface area contributed by atoms with Crippen molar-refractivity contribution in [3.63, 3.8) is 0 Å². The van der Waals surface area contributed by atoms with Gasteiger partial charge in [0.2, 0.25) is 11.8 Å². The van der Waals surface area contributed by atoms with Crippen LogP contribution in [0.1, 0.15) is 47.8 Å². The number of nitrogens with one attached hydrogen (secondary N) is 2. The van der Waals surface area contributed by atoms with Crippen molar-refractivity contribution in [1.29, 1.82) is 0 Å². The molecule has 1 unspecified atom stereocenters. The molecule has 0 spiro atoms. The van der Waals surface area contributed by atoms with Crippen molar-refractivity contribution in [1.82, 2.24) is 0 Å². The fourth-order valence-electron chi connectivity index (χ4n) is 6.48. The van der Waals surface area contributed by atoms with Crippen LogP contribution in [-0.4, -0.2) is 35.5 Å². The molecular formula is C44H39N5O6. The van der Waals surface area contributed by atoms with E-state index in [9.17, 15) is 19.5 Å². The van der Waals surface area contributed by atoms with E-state index in [1.54, 1.807) is 60.7 Å². The molecule has 0 fully saturated rings. The lowest BCUT2D eigenvalue weighted by atomic mass is 10.0. The number of hydrogen-bond donors (Lipinski definition) is 3. The number of aromatic hydroxyl groups is 1. The predicted molar refractivity (Wildman–Crippen MR) is 215 cm³/mol. The van der Waals surface area contributed by atoms with Gasteiger partial charge in [-0.3, -0.25) is 19.5 Å². The molecular weight excluding hydrogens is 695 g/mol. The molecule has 1 aliphatic heterocycles. The van der Waals surface area contributed by atoms with Gasteiger partial charge in [-0.05, 0) is 78.7 Å². The van der Waals surface area contributed by atoms with Crippen molar-refractivity contribution in [2.75, 3.05) is 27.1 Å². The zero-order valence-electron chi connectivity index (χ0n) is 30.3. The van der Waals surface area contributed by atoms with Gasteiger partial charge in [-0.1, -0.05) is 78.9 Å². The Morgan fingerprint density at radius 3 is 2.13 bits per heavy atom. The minimum Gasteiger partial charge on any atom is -0.506 e. The summed E-state index contributed by atoms with van der Waals surface area (Å²) in [6.45, 7) is 3.82. The maximum absolute atomic E-state index is 13.5. The van der Waals surface area contributed by atoms with Gasteiger partial charge in [0.25, 0.3) is 5.91 Å². The molecule has 0 saturated carbocycles. The number of hydrazone groups is 1. The van der Waals surface area contributed by atoms with Gasteiger partial charge >= 0.3 is 6.09 Å². The van der Waals surface area contributed by atoms with Gasteiger partial charge in [-0.2, -0.15) is 0 Å². The van der Waals surface area contributed by atoms with Gasteiger partial charge in [0.15, 0.2) is 0 Å². The minimum atomic E-state index is -0.601. The predicted octanol–water partition coefficient (Wildman–Crippen LogP) is 9.26. The Hall–Kier alpha value is -7.14. The summed E-state index contributed by atoms with van der Waals surface area (Å²) >= 11 is 0. The van der Waals surface area contributed by atoms with Crippen molar-refractivity contribution >= 4 is 57.3 Å². The molecule has 0 radical (unpaired) electrons. The number of phenols is 1. The monoisotopic (exact) mass is 733 g/mol. The Kier molecular flexibility index (Phi) is 10.7. The van der Waals surface area contributed by atoms with Crippen LogP contribution in [0.5, 0.6) is 11.5 Å². The van der Waals surface area contributed by atoms with Crippen LogP contribution in [-0.2, 0) is 16.1 Å². The summed E-state index contributed by atoms with van der Waals surface area (Å²) in [5, 5.41) is 24.4. The molecule has 0 saturated heterocycles. The fourth-order valence-corrected chi connectivity index (χ4v) is 6.48. The van der Waals surface area contributed by atoms with Crippen LogP contribution in [0.4, 0.5) is 27.5 Å². The summed E-state index contributed by atoms with van der Waals surface area (Å²) in [6, 6.07) is 42.4. The number of anilines is 4. The molecule has 0 bridgehead atoms. The van der Waals surface area contributed by atoms with E-state index < -0.39 is 12.0 Å². The molecule has 11 nitrogen and oxygen atoms in total. The molecule has 0 aliphatic carbocycles. The number of para-hydroxylation sites is 1. The van der Waals surface area contributed by atoms with Gasteiger partial charge in [0.1, 0.15) is 18.1 Å². The Balaban J connectivity index is 1.00. The van der Waals surface area contributed by atoms with Gasteiger partial charge < -0.3 is 25.2 Å². The van der Waals surface area contributed by atoms with E-state index >= 15 is 0 Å². The van der Waals surface area contributed by atoms with E-state index in [0.29, 0.717) is 52.5 Å². The molecule has 1 atom stereocenters. The molecule has 11 heteroatoms. The van der Waals surface area contributed by atoms with Crippen LogP contribution < -0.4 is 25.3 Å². The highest BCUT2D eigenvalue weighted by atomic mass is 16.6. The van der Waals surface area contributed by atoms with E-state index in [4.69, 9.17) is 14.6 Å². The van der Waals surface area contributed by atoms with E-state index in [1.165, 1.54) is 17.9 Å². The van der Waals surface area contributed by atoms with Gasteiger partial charge in [0, 0.05) is 35.6 Å². The molecule has 3 N–H and O–H groups in total. The Morgan fingerprint density at radius 2 is 1.45 bits per heavy atom. The molecule has 7 rings (SSSR count). The van der Waals surface area contributed by atoms with Crippen LogP contribution in [0.25, 0.3) is 10.8 Å². The third kappa shape index (κ3) is 8.26. The molecule has 6 aromatic rings. The second kappa shape index (κ2) is 16.3. The van der Waals surface area contributed by atoms with E-state index in [1.807, 2.05) is 72.6 Å². The number of phenolic OH excluding ortho intramolecular Hbond substituents is 1. The lowest BCUT2D eigenvalue weighted by Crippen LogP contribution is -2.33. The van der Waals surface area contributed by atoms with E-state index in [0.717, 1.165) is 16.8 Å². The number of ether oxygens (including phenoxy) is 2. The van der Waals surface area contributed by atoms with Crippen LogP contribution in [0, 0.1) is 0 Å². The standard InChI is InChI=1S/C44H39N5O6/c1-3-48(39-16-10-15-37-36(39)25-26-38(42(37)51)43(52)46-33-21-19-32(20-22-33)45-29(2)50)44(53)55-35-23-17-30(18-24-35)28-54-41-27-40(31-11-6-4-7-12-31)49(47-41)34-13-8-5-9-14-34/h4-26,40,51H,3,27-28H2,1-2H3,(H,45,50)(H,46,52). The Bertz CT molecular complexity index is 2350. The molecule has 1 aliphatic rings. The number of nitrogens with zero attached hydrogens (tertiary/aromatic N) is 3. The zero-order valence-corrected chi connectivity index (χ0v) is 30.3. The highest BCUT2D eigenvalue weighted by molar-refractivity contribution is 6.12. The lowest BCUT2D eigenvalue weighted by molar-refractivity contribution is -0.114. The third-order valence-electron chi connectivity index (χ3n) is 9.17. The average Bonchev–Trinajstić information content (AvgIpc) is 3.64. The number of fused-ring (bicyclic) bond motifs is 1. The molecule has 3 amide bonds. The summed E-state index contributed by atoms with van der Waals surface area (Å²) in [6.07, 6.45) is 0.0228. The highest BCUT2D eigenvalue weighted by Gasteiger charge is 2.30. The van der Waals surface area contributed by atoms with Crippen molar-refractivity contribution in [3.8, 4) is 11.5 Å². The van der Waals surface area contributed by atoms with Crippen molar-refractivity contribution < 1.29 is 29.0 Å². The third-order valence-corrected chi connectivity index (χ3v) is 9.17. The van der Waals surface area contributed by atoms with Gasteiger partial charge in [-0.25, -0.2) is 4.79 Å². The summed E-state index contributed by atoms with van der Waals surface area (Å²) < 4.78 is 12.0. The van der Waals surface area contributed by atoms with Crippen molar-refractivity contribution in [3.05, 3.63) is 156 Å². The van der Waals surface area contributed by atoms with Crippen molar-refractivity contribution in [2.45, 2.75) is 32.9 Å². The first-order chi connectivity index (χ1) is 26.8. The largest absolute Gasteiger partial charge is 0.506 e. The van der Waals surface area contributed by atoms with E-state index in [2.05, 4.69) is 22.8 Å². The summed E-state index contributed by atoms with van der Waals surface area (Å²) in [7, 11) is 0. The highest BCUT2D eigenvalue weighted by Crippen LogP contribution is 2.37. The first-order valence-corrected chi connectivity index (χ1v) is 17.9. The maximum atomic E-state index is 13.5. The Morgan fingerprint density at radius 1 is 0.782 bits per heavy atom. The number of hydrogen-bond acceptors (Lipinski definition) is 8. The van der Waals surface area contributed by atoms with Crippen LogP contribution >= 0.6 is 0 Å². The first-order valence-electron chi connectivity index (χ1n) is 17.9. The average molecular weight is 734 g/mol. The molecule has 6 aromatic carbocycles. The zero-order chi connectivity index (χ0) is 38.3. The molecule has 1 heterocycles. The number of rotatable bonds is 10. The van der Waals surface area contributed by atoms with Gasteiger partial charge in [-0.15, -0.1) is 5.10 Å². The second-order valence-corrected chi connectivity index (χ2v) is 12.9. The number of amides is 3. The molecule has 55 heavy (non-hydrogen) atoms. The summed E-state index contributed by atoms with van der Waals surface area (Å²) in [5.74, 6) is 0.0556. The number of carbonyl (C=O) groups excluding carboxylic acids is 3. The smallest absolute Gasteiger partial charge is 0.419 e. The molecule has 0 aromatic heterocycles. The van der Waals surface area contributed by atoms with Crippen LogP contribution in [0.15, 0.2) is 145 Å². The van der Waals surface area contributed by atoms with Gasteiger partial charge in [0.05, 0.1) is 29.4 Å². The SMILES string of the molecule is CCN(C(=O)Oc1ccc(COC2=NN(c3ccccc3)C(c3ccccc3)C2)cc1)c1cccc2c(O)c(C(=O)Nc3ccc(NC(C)=O)cc3)ccc12. The lowest BCUT2D eigenvalue weighted by Gasteiger charge is -2.23. The summed E-state index contributed by atoms with van der Waals surface area (Å²) in [4.78, 5) is 39.4. The second-order valence-electron chi connectivity index (χ2n) is 12.9. The van der Waals surface area contributed by atoms with Crippen LogP contribution in [0.2, 0.25) is 0 Å². The molecule has 276 valence electrons. The quantitative estimate of drug-likeness (QED) is 0.128. The first kappa shape index (κ1) is 36.2. The van der Waals surface area contributed by atoms with E-state index in [-0.39, 0.29) is 29.8 Å². The number of benzene rings is 6. The Labute approximate surface area is 318 Å². The normalized spacial score (nSPS) is 13.5. The number of carbonyl (C=O) groups is 3. The summed E-state index contributed by atoms with van der Waals surface area (Å²) in [5.41, 5.74) is 4.68.